The van der Waals surface area contributed by atoms with Gasteiger partial charge in [-0.1, -0.05) is 23.8 Å². The highest BCUT2D eigenvalue weighted by atomic mass is 35.5. The third kappa shape index (κ3) is 3.05. The molecule has 0 saturated heterocycles. The van der Waals surface area contributed by atoms with E-state index >= 15 is 0 Å². The summed E-state index contributed by atoms with van der Waals surface area (Å²) in [5.74, 6) is 2.16. The summed E-state index contributed by atoms with van der Waals surface area (Å²) in [7, 11) is 0. The molecule has 0 atom stereocenters. The van der Waals surface area contributed by atoms with E-state index in [1.807, 2.05) is 24.3 Å². The Hall–Kier alpha value is -1.47. The van der Waals surface area contributed by atoms with Gasteiger partial charge < -0.3 is 4.74 Å². The molecule has 0 aliphatic carbocycles. The molecule has 0 spiro atoms. The standard InChI is InChI=1S/C16H17ClO/c1-11-4-5-16(14(7-11)10-17)18-15-8-12(2)6-13(3)9-15/h4-9H,10H2,1-3H3. The van der Waals surface area contributed by atoms with E-state index in [0.717, 1.165) is 17.1 Å². The van der Waals surface area contributed by atoms with Crippen LogP contribution in [0.1, 0.15) is 22.3 Å². The zero-order valence-electron chi connectivity index (χ0n) is 11.0. The lowest BCUT2D eigenvalue weighted by atomic mass is 10.1. The lowest BCUT2D eigenvalue weighted by Crippen LogP contribution is -1.91. The van der Waals surface area contributed by atoms with E-state index < -0.39 is 0 Å². The number of benzene rings is 2. The summed E-state index contributed by atoms with van der Waals surface area (Å²) in [4.78, 5) is 0. The fraction of sp³-hybridized carbons (Fsp3) is 0.250. The number of ether oxygens (including phenoxy) is 1. The molecule has 0 aliphatic heterocycles. The fourth-order valence-corrected chi connectivity index (χ4v) is 2.24. The molecule has 0 N–H and O–H groups in total. The van der Waals surface area contributed by atoms with Crippen LogP contribution in [0.2, 0.25) is 0 Å². The molecule has 0 radical (unpaired) electrons. The highest BCUT2D eigenvalue weighted by Gasteiger charge is 2.05. The second-order valence-electron chi connectivity index (χ2n) is 4.67. The highest BCUT2D eigenvalue weighted by Crippen LogP contribution is 2.28. The minimum atomic E-state index is 0.460. The van der Waals surface area contributed by atoms with Gasteiger partial charge in [-0.25, -0.2) is 0 Å². The number of hydrogen-bond acceptors (Lipinski definition) is 1. The maximum absolute atomic E-state index is 5.95. The van der Waals surface area contributed by atoms with E-state index in [4.69, 9.17) is 16.3 Å². The molecule has 0 aromatic heterocycles. The lowest BCUT2D eigenvalue weighted by molar-refractivity contribution is 0.477. The zero-order valence-corrected chi connectivity index (χ0v) is 11.7. The van der Waals surface area contributed by atoms with Gasteiger partial charge >= 0.3 is 0 Å². The molecule has 0 aliphatic rings. The first kappa shape index (κ1) is 13.0. The van der Waals surface area contributed by atoms with Crippen LogP contribution >= 0.6 is 11.6 Å². The highest BCUT2D eigenvalue weighted by molar-refractivity contribution is 6.17. The molecule has 0 heterocycles. The first-order valence-corrected chi connectivity index (χ1v) is 6.53. The van der Waals surface area contributed by atoms with E-state index in [0.29, 0.717) is 5.88 Å². The molecule has 0 unspecified atom stereocenters. The van der Waals surface area contributed by atoms with E-state index in [2.05, 4.69) is 32.9 Å². The van der Waals surface area contributed by atoms with E-state index in [-0.39, 0.29) is 0 Å². The monoisotopic (exact) mass is 260 g/mol. The Morgan fingerprint density at radius 2 is 1.56 bits per heavy atom. The summed E-state index contributed by atoms with van der Waals surface area (Å²) in [6, 6.07) is 12.3. The van der Waals surface area contributed by atoms with Crippen LogP contribution in [-0.2, 0) is 5.88 Å². The molecule has 94 valence electrons. The Bertz CT molecular complexity index is 541. The third-order valence-electron chi connectivity index (χ3n) is 2.78. The molecule has 2 heteroatoms. The van der Waals surface area contributed by atoms with Gasteiger partial charge in [-0.2, -0.15) is 0 Å². The molecule has 0 amide bonds. The average molecular weight is 261 g/mol. The number of alkyl halides is 1. The van der Waals surface area contributed by atoms with Gasteiger partial charge in [0.25, 0.3) is 0 Å². The minimum Gasteiger partial charge on any atom is -0.457 e. The normalized spacial score (nSPS) is 10.4. The molecule has 0 saturated carbocycles. The maximum atomic E-state index is 5.95. The number of hydrogen-bond donors (Lipinski definition) is 0. The summed E-state index contributed by atoms with van der Waals surface area (Å²) in [6.45, 7) is 6.19. The van der Waals surface area contributed by atoms with Crippen LogP contribution in [0.15, 0.2) is 36.4 Å². The molecule has 2 aromatic rings. The van der Waals surface area contributed by atoms with Gasteiger partial charge in [0, 0.05) is 5.56 Å². The van der Waals surface area contributed by atoms with Crippen molar-refractivity contribution in [3.63, 3.8) is 0 Å². The van der Waals surface area contributed by atoms with Gasteiger partial charge in [0.1, 0.15) is 11.5 Å². The molecule has 1 nitrogen and oxygen atoms in total. The first-order chi connectivity index (χ1) is 8.58. The van der Waals surface area contributed by atoms with Gasteiger partial charge in [0.05, 0.1) is 5.88 Å². The molecule has 0 fully saturated rings. The van der Waals surface area contributed by atoms with Gasteiger partial charge in [-0.3, -0.25) is 0 Å². The second-order valence-corrected chi connectivity index (χ2v) is 4.94. The molecule has 18 heavy (non-hydrogen) atoms. The van der Waals surface area contributed by atoms with E-state index in [1.165, 1.54) is 16.7 Å². The maximum Gasteiger partial charge on any atom is 0.131 e. The van der Waals surface area contributed by atoms with Gasteiger partial charge in [0.15, 0.2) is 0 Å². The Balaban J connectivity index is 2.33. The smallest absolute Gasteiger partial charge is 0.131 e. The largest absolute Gasteiger partial charge is 0.457 e. The van der Waals surface area contributed by atoms with Crippen molar-refractivity contribution >= 4 is 11.6 Å². The van der Waals surface area contributed by atoms with Crippen molar-refractivity contribution in [1.29, 1.82) is 0 Å². The van der Waals surface area contributed by atoms with Crippen molar-refractivity contribution in [3.05, 3.63) is 58.7 Å². The minimum absolute atomic E-state index is 0.460. The lowest BCUT2D eigenvalue weighted by Gasteiger charge is -2.11. The van der Waals surface area contributed by atoms with Crippen LogP contribution in [-0.4, -0.2) is 0 Å². The van der Waals surface area contributed by atoms with Gasteiger partial charge in [0.2, 0.25) is 0 Å². The second kappa shape index (κ2) is 5.45. The Kier molecular flexibility index (Phi) is 3.93. The topological polar surface area (TPSA) is 9.23 Å². The van der Waals surface area contributed by atoms with Crippen LogP contribution in [0.4, 0.5) is 0 Å². The van der Waals surface area contributed by atoms with Crippen LogP contribution in [0, 0.1) is 20.8 Å². The van der Waals surface area contributed by atoms with E-state index in [1.54, 1.807) is 0 Å². The van der Waals surface area contributed by atoms with Crippen LogP contribution in [0.3, 0.4) is 0 Å². The summed E-state index contributed by atoms with van der Waals surface area (Å²) in [5, 5.41) is 0. The number of aryl methyl sites for hydroxylation is 3. The summed E-state index contributed by atoms with van der Waals surface area (Å²) >= 11 is 5.95. The SMILES string of the molecule is Cc1cc(C)cc(Oc2ccc(C)cc2CCl)c1. The zero-order chi connectivity index (χ0) is 13.1. The average Bonchev–Trinajstić information content (AvgIpc) is 2.30. The first-order valence-electron chi connectivity index (χ1n) is 6.00. The number of rotatable bonds is 3. The predicted octanol–water partition coefficient (Wildman–Crippen LogP) is 5.14. The summed E-state index contributed by atoms with van der Waals surface area (Å²) < 4.78 is 5.93. The molecule has 2 rings (SSSR count). The molecular weight excluding hydrogens is 244 g/mol. The number of halogens is 1. The molecular formula is C16H17ClO. The Labute approximate surface area is 113 Å². The quantitative estimate of drug-likeness (QED) is 0.694. The molecule has 2 aromatic carbocycles. The van der Waals surface area contributed by atoms with Crippen molar-refractivity contribution in [1.82, 2.24) is 0 Å². The van der Waals surface area contributed by atoms with Crippen molar-refractivity contribution in [2.75, 3.05) is 0 Å². The van der Waals surface area contributed by atoms with Crippen LogP contribution < -0.4 is 4.74 Å². The third-order valence-corrected chi connectivity index (χ3v) is 3.07. The van der Waals surface area contributed by atoms with Crippen molar-refractivity contribution in [2.45, 2.75) is 26.7 Å². The molecule has 0 bridgehead atoms. The Morgan fingerprint density at radius 1 is 0.889 bits per heavy atom. The van der Waals surface area contributed by atoms with Gasteiger partial charge in [-0.15, -0.1) is 11.6 Å². The van der Waals surface area contributed by atoms with Crippen LogP contribution in [0.5, 0.6) is 11.5 Å². The van der Waals surface area contributed by atoms with Crippen molar-refractivity contribution < 1.29 is 4.74 Å². The van der Waals surface area contributed by atoms with Crippen LogP contribution in [0.25, 0.3) is 0 Å². The van der Waals surface area contributed by atoms with Gasteiger partial charge in [-0.05, 0) is 50.1 Å². The summed E-state index contributed by atoms with van der Waals surface area (Å²) in [5.41, 5.74) is 4.61. The van der Waals surface area contributed by atoms with Crippen molar-refractivity contribution in [3.8, 4) is 11.5 Å². The van der Waals surface area contributed by atoms with Crippen molar-refractivity contribution in [2.24, 2.45) is 0 Å². The predicted molar refractivity (Wildman–Crippen MR) is 76.7 cm³/mol. The summed E-state index contributed by atoms with van der Waals surface area (Å²) in [6.07, 6.45) is 0. The van der Waals surface area contributed by atoms with E-state index in [9.17, 15) is 0 Å². The fourth-order valence-electron chi connectivity index (χ4n) is 2.03. The Morgan fingerprint density at radius 3 is 2.17 bits per heavy atom.